The molecule has 4 nitrogen and oxygen atoms in total. The van der Waals surface area contributed by atoms with Crippen molar-refractivity contribution in [3.05, 3.63) is 41.7 Å². The van der Waals surface area contributed by atoms with E-state index in [1.54, 1.807) is 0 Å². The second kappa shape index (κ2) is 8.24. The fourth-order valence-corrected chi connectivity index (χ4v) is 1.81. The van der Waals surface area contributed by atoms with Gasteiger partial charge >= 0.3 is 12.4 Å². The summed E-state index contributed by atoms with van der Waals surface area (Å²) in [5.74, 6) is -1.33. The van der Waals surface area contributed by atoms with Crippen LogP contribution >= 0.6 is 0 Å². The molecule has 0 aromatic carbocycles. The lowest BCUT2D eigenvalue weighted by atomic mass is 10.1. The number of rotatable bonds is 3. The Morgan fingerprint density at radius 2 is 1.36 bits per heavy atom. The van der Waals surface area contributed by atoms with Gasteiger partial charge in [0, 0.05) is 42.4 Å². The Bertz CT molecular complexity index is 683. The van der Waals surface area contributed by atoms with Gasteiger partial charge in [0.25, 0.3) is 0 Å². The summed E-state index contributed by atoms with van der Waals surface area (Å²) in [5, 5.41) is 0. The van der Waals surface area contributed by atoms with Crippen molar-refractivity contribution in [1.82, 2.24) is 15.0 Å². The zero-order valence-corrected chi connectivity index (χ0v) is 13.5. The van der Waals surface area contributed by atoms with Gasteiger partial charge in [-0.1, -0.05) is 13.8 Å². The molecular weight excluding hydrogens is 352 g/mol. The number of methoxy groups -OCH3 is 1. The van der Waals surface area contributed by atoms with Crippen molar-refractivity contribution in [2.45, 2.75) is 32.8 Å². The molecule has 2 rings (SSSR count). The third kappa shape index (κ3) is 5.38. The highest BCUT2D eigenvalue weighted by molar-refractivity contribution is 5.61. The van der Waals surface area contributed by atoms with Crippen LogP contribution in [0.4, 0.5) is 26.3 Å². The molecule has 0 unspecified atom stereocenters. The second-order valence-electron chi connectivity index (χ2n) is 4.46. The van der Waals surface area contributed by atoms with Crippen molar-refractivity contribution in [2.24, 2.45) is 0 Å². The Morgan fingerprint density at radius 3 is 1.80 bits per heavy atom. The molecule has 25 heavy (non-hydrogen) atoms. The molecular formula is C15H15F6N3O. The van der Waals surface area contributed by atoms with Gasteiger partial charge in [-0.3, -0.25) is 4.98 Å². The molecule has 138 valence electrons. The van der Waals surface area contributed by atoms with E-state index < -0.39 is 23.9 Å². The number of hydrogen-bond acceptors (Lipinski definition) is 4. The lowest BCUT2D eigenvalue weighted by molar-refractivity contribution is -0.145. The molecule has 0 saturated carbocycles. The summed E-state index contributed by atoms with van der Waals surface area (Å²) >= 11 is 0. The predicted molar refractivity (Wildman–Crippen MR) is 77.3 cm³/mol. The molecule has 0 N–H and O–H groups in total. The molecule has 0 radical (unpaired) electrons. The summed E-state index contributed by atoms with van der Waals surface area (Å²) in [5.41, 5.74) is -1.09. The summed E-state index contributed by atoms with van der Waals surface area (Å²) < 4.78 is 80.3. The Kier molecular flexibility index (Phi) is 6.86. The first kappa shape index (κ1) is 20.8. The van der Waals surface area contributed by atoms with Crippen molar-refractivity contribution in [1.29, 1.82) is 0 Å². The first-order valence-corrected chi connectivity index (χ1v) is 7.07. The first-order chi connectivity index (χ1) is 11.6. The zero-order chi connectivity index (χ0) is 19.3. The van der Waals surface area contributed by atoms with Crippen LogP contribution in [0.25, 0.3) is 11.1 Å². The molecule has 0 atom stereocenters. The molecule has 2 aromatic rings. The molecule has 0 spiro atoms. The van der Waals surface area contributed by atoms with Gasteiger partial charge in [-0.15, -0.1) is 0 Å². The Hall–Kier alpha value is -2.23. The van der Waals surface area contributed by atoms with Crippen LogP contribution in [-0.4, -0.2) is 22.1 Å². The lowest BCUT2D eigenvalue weighted by Crippen LogP contribution is -2.13. The lowest BCUT2D eigenvalue weighted by Gasteiger charge is -2.13. The van der Waals surface area contributed by atoms with E-state index in [-0.39, 0.29) is 23.3 Å². The minimum absolute atomic E-state index is 0.108. The van der Waals surface area contributed by atoms with Gasteiger partial charge in [0.1, 0.15) is 5.69 Å². The molecule has 0 bridgehead atoms. The van der Waals surface area contributed by atoms with Gasteiger partial charge in [0.15, 0.2) is 0 Å². The van der Waals surface area contributed by atoms with Crippen molar-refractivity contribution in [2.75, 3.05) is 7.11 Å². The van der Waals surface area contributed by atoms with Gasteiger partial charge in [-0.05, 0) is 6.07 Å². The maximum absolute atomic E-state index is 12.8. The molecule has 2 aromatic heterocycles. The third-order valence-corrected chi connectivity index (χ3v) is 2.77. The summed E-state index contributed by atoms with van der Waals surface area (Å²) in [6, 6.07) is 1.13. The van der Waals surface area contributed by atoms with Crippen LogP contribution in [0.1, 0.15) is 30.9 Å². The number of nitrogens with zero attached hydrogens (tertiary/aromatic N) is 3. The van der Waals surface area contributed by atoms with E-state index in [0.29, 0.717) is 0 Å². The molecule has 10 heteroatoms. The molecule has 0 saturated heterocycles. The van der Waals surface area contributed by atoms with E-state index in [0.717, 1.165) is 24.7 Å². The number of halogens is 6. The molecule has 0 aliphatic carbocycles. The highest BCUT2D eigenvalue weighted by Crippen LogP contribution is 2.33. The average molecular weight is 367 g/mol. The minimum Gasteiger partial charge on any atom is -0.380 e. The minimum atomic E-state index is -4.70. The van der Waals surface area contributed by atoms with Crippen LogP contribution in [0.3, 0.4) is 0 Å². The van der Waals surface area contributed by atoms with Crippen molar-refractivity contribution >= 4 is 0 Å². The zero-order valence-electron chi connectivity index (χ0n) is 13.5. The van der Waals surface area contributed by atoms with Crippen LogP contribution in [0, 0.1) is 0 Å². The average Bonchev–Trinajstić information content (AvgIpc) is 2.55. The molecule has 0 aliphatic heterocycles. The standard InChI is InChI=1S/C13H9F6N3O.C2H6/c1-23-6-8-2-7(3-20-10(8)12(14,15)16)9-4-21-11(22-5-9)13(17,18)19;1-2/h2-5H,6H2,1H3;1-2H3. The molecule has 0 aliphatic rings. The summed E-state index contributed by atoms with van der Waals surface area (Å²) in [6.45, 7) is 3.65. The number of aromatic nitrogens is 3. The van der Waals surface area contributed by atoms with E-state index in [9.17, 15) is 26.3 Å². The maximum atomic E-state index is 12.8. The largest absolute Gasteiger partial charge is 0.451 e. The van der Waals surface area contributed by atoms with Gasteiger partial charge < -0.3 is 4.74 Å². The van der Waals surface area contributed by atoms with Crippen molar-refractivity contribution in [3.8, 4) is 11.1 Å². The summed E-state index contributed by atoms with van der Waals surface area (Å²) in [4.78, 5) is 9.64. The molecule has 0 amide bonds. The smallest absolute Gasteiger partial charge is 0.380 e. The van der Waals surface area contributed by atoms with E-state index >= 15 is 0 Å². The maximum Gasteiger partial charge on any atom is 0.451 e. The van der Waals surface area contributed by atoms with Crippen LogP contribution in [0.2, 0.25) is 0 Å². The highest BCUT2D eigenvalue weighted by Gasteiger charge is 2.36. The number of ether oxygens (including phenoxy) is 1. The molecule has 0 fully saturated rings. The van der Waals surface area contributed by atoms with Gasteiger partial charge in [-0.25, -0.2) is 9.97 Å². The highest BCUT2D eigenvalue weighted by atomic mass is 19.4. The van der Waals surface area contributed by atoms with E-state index in [1.165, 1.54) is 7.11 Å². The second-order valence-corrected chi connectivity index (χ2v) is 4.46. The quantitative estimate of drug-likeness (QED) is 0.735. The fraction of sp³-hybridized carbons (Fsp3) is 0.400. The van der Waals surface area contributed by atoms with Crippen molar-refractivity contribution < 1.29 is 31.1 Å². The van der Waals surface area contributed by atoms with Crippen LogP contribution in [-0.2, 0) is 23.7 Å². The Balaban J connectivity index is 0.00000151. The number of alkyl halides is 6. The van der Waals surface area contributed by atoms with Gasteiger partial charge in [-0.2, -0.15) is 26.3 Å². The van der Waals surface area contributed by atoms with E-state index in [4.69, 9.17) is 4.74 Å². The van der Waals surface area contributed by atoms with Crippen LogP contribution in [0.15, 0.2) is 24.7 Å². The summed E-state index contributed by atoms with van der Waals surface area (Å²) in [7, 11) is 1.22. The van der Waals surface area contributed by atoms with Gasteiger partial charge in [0.2, 0.25) is 5.82 Å². The Labute approximate surface area is 139 Å². The van der Waals surface area contributed by atoms with Crippen LogP contribution in [0.5, 0.6) is 0 Å². The SMILES string of the molecule is CC.COCc1cc(-c2cnc(C(F)(F)F)nc2)cnc1C(F)(F)F. The van der Waals surface area contributed by atoms with Gasteiger partial charge in [0.05, 0.1) is 6.61 Å². The van der Waals surface area contributed by atoms with Crippen molar-refractivity contribution in [3.63, 3.8) is 0 Å². The topological polar surface area (TPSA) is 47.9 Å². The predicted octanol–water partition coefficient (Wildman–Crippen LogP) is 4.75. The van der Waals surface area contributed by atoms with E-state index in [1.807, 2.05) is 13.8 Å². The van der Waals surface area contributed by atoms with Crippen LogP contribution < -0.4 is 0 Å². The third-order valence-electron chi connectivity index (χ3n) is 2.77. The normalized spacial score (nSPS) is 11.7. The fourth-order valence-electron chi connectivity index (χ4n) is 1.81. The number of pyridine rings is 1. The van der Waals surface area contributed by atoms with E-state index in [2.05, 4.69) is 15.0 Å². The first-order valence-electron chi connectivity index (χ1n) is 7.07. The summed E-state index contributed by atoms with van der Waals surface area (Å²) in [6.07, 6.45) is -6.72. The Morgan fingerprint density at radius 1 is 0.840 bits per heavy atom. The molecule has 2 heterocycles. The monoisotopic (exact) mass is 367 g/mol. The number of hydrogen-bond donors (Lipinski definition) is 0.